The lowest BCUT2D eigenvalue weighted by atomic mass is 9.92. The lowest BCUT2D eigenvalue weighted by molar-refractivity contribution is 0.139. The standard InChI is InChI=1S/C15H30N4.HI/c1-13-10-14(2)12-19(11-13)9-4-3-6-16-15-17-7-5-8-18-15;/h13-14H,3-12H2,1-2H3,(H2,16,17,18);1H. The first-order valence-corrected chi connectivity index (χ1v) is 7.98. The zero-order valence-corrected chi connectivity index (χ0v) is 15.4. The molecule has 2 unspecified atom stereocenters. The van der Waals surface area contributed by atoms with E-state index in [1.165, 1.54) is 38.9 Å². The number of piperidine rings is 1. The third-order valence-electron chi connectivity index (χ3n) is 4.04. The van der Waals surface area contributed by atoms with Gasteiger partial charge in [0.05, 0.1) is 0 Å². The van der Waals surface area contributed by atoms with Crippen molar-refractivity contribution in [2.24, 2.45) is 16.8 Å². The van der Waals surface area contributed by atoms with E-state index >= 15 is 0 Å². The third kappa shape index (κ3) is 6.61. The highest BCUT2D eigenvalue weighted by Gasteiger charge is 2.20. The number of rotatable bonds is 5. The lowest BCUT2D eigenvalue weighted by Crippen LogP contribution is -2.41. The first kappa shape index (κ1) is 18.0. The Morgan fingerprint density at radius 2 is 2.00 bits per heavy atom. The van der Waals surface area contributed by atoms with Crippen molar-refractivity contribution in [3.63, 3.8) is 0 Å². The summed E-state index contributed by atoms with van der Waals surface area (Å²) in [5, 5.41) is 6.70. The molecule has 0 bridgehead atoms. The van der Waals surface area contributed by atoms with E-state index in [1.807, 2.05) is 0 Å². The fourth-order valence-corrected chi connectivity index (χ4v) is 3.29. The maximum absolute atomic E-state index is 4.42. The molecule has 1 fully saturated rings. The van der Waals surface area contributed by atoms with Crippen LogP contribution in [0.5, 0.6) is 0 Å². The van der Waals surface area contributed by atoms with Gasteiger partial charge in [-0.1, -0.05) is 13.8 Å². The molecule has 5 heteroatoms. The highest BCUT2D eigenvalue weighted by molar-refractivity contribution is 14.0. The van der Waals surface area contributed by atoms with Crippen LogP contribution in [0.2, 0.25) is 0 Å². The first-order valence-electron chi connectivity index (χ1n) is 7.98. The van der Waals surface area contributed by atoms with Crippen molar-refractivity contribution in [1.29, 1.82) is 0 Å². The van der Waals surface area contributed by atoms with Crippen molar-refractivity contribution in [3.05, 3.63) is 0 Å². The minimum absolute atomic E-state index is 0. The van der Waals surface area contributed by atoms with Crippen molar-refractivity contribution >= 4 is 29.9 Å². The Kier molecular flexibility index (Phi) is 8.84. The summed E-state index contributed by atoms with van der Waals surface area (Å²) in [6.45, 7) is 11.7. The Bertz CT molecular complexity index is 286. The van der Waals surface area contributed by atoms with E-state index in [1.54, 1.807) is 0 Å². The summed E-state index contributed by atoms with van der Waals surface area (Å²) in [4.78, 5) is 7.07. The number of nitrogens with zero attached hydrogens (tertiary/aromatic N) is 2. The summed E-state index contributed by atoms with van der Waals surface area (Å²) >= 11 is 0. The van der Waals surface area contributed by atoms with Crippen LogP contribution < -0.4 is 10.6 Å². The fraction of sp³-hybridized carbons (Fsp3) is 0.933. The van der Waals surface area contributed by atoms with Gasteiger partial charge >= 0.3 is 0 Å². The summed E-state index contributed by atoms with van der Waals surface area (Å²) in [6.07, 6.45) is 5.10. The number of halogens is 1. The van der Waals surface area contributed by atoms with Gasteiger partial charge in [0.2, 0.25) is 0 Å². The number of hydrogen-bond donors (Lipinski definition) is 2. The molecule has 0 amide bonds. The SMILES string of the molecule is CC1CC(C)CN(CCCCNC2=NCCCN2)C1.I. The second-order valence-electron chi connectivity index (χ2n) is 6.35. The number of hydrogen-bond acceptors (Lipinski definition) is 4. The molecular formula is C15H31IN4. The van der Waals surface area contributed by atoms with Gasteiger partial charge in [-0.25, -0.2) is 0 Å². The molecule has 0 aromatic rings. The van der Waals surface area contributed by atoms with Crippen molar-refractivity contribution < 1.29 is 0 Å². The van der Waals surface area contributed by atoms with E-state index in [0.29, 0.717) is 0 Å². The zero-order chi connectivity index (χ0) is 13.5. The molecule has 2 atom stereocenters. The molecule has 1 saturated heterocycles. The Morgan fingerprint density at radius 3 is 2.65 bits per heavy atom. The molecule has 118 valence electrons. The predicted octanol–water partition coefficient (Wildman–Crippen LogP) is 2.30. The Balaban J connectivity index is 0.00000200. The largest absolute Gasteiger partial charge is 0.356 e. The summed E-state index contributed by atoms with van der Waals surface area (Å²) in [7, 11) is 0. The number of guanidine groups is 1. The molecule has 0 aliphatic carbocycles. The fourth-order valence-electron chi connectivity index (χ4n) is 3.29. The average Bonchev–Trinajstić information content (AvgIpc) is 2.38. The molecule has 0 radical (unpaired) electrons. The van der Waals surface area contributed by atoms with Crippen LogP contribution in [-0.2, 0) is 0 Å². The highest BCUT2D eigenvalue weighted by Crippen LogP contribution is 2.20. The molecule has 2 heterocycles. The number of likely N-dealkylation sites (tertiary alicyclic amines) is 1. The third-order valence-corrected chi connectivity index (χ3v) is 4.04. The second-order valence-corrected chi connectivity index (χ2v) is 6.35. The quantitative estimate of drug-likeness (QED) is 0.555. The molecular weight excluding hydrogens is 363 g/mol. The van der Waals surface area contributed by atoms with Crippen molar-refractivity contribution in [1.82, 2.24) is 15.5 Å². The molecule has 0 spiro atoms. The van der Waals surface area contributed by atoms with Gasteiger partial charge in [0, 0.05) is 32.7 Å². The molecule has 20 heavy (non-hydrogen) atoms. The van der Waals surface area contributed by atoms with Gasteiger partial charge in [-0.2, -0.15) is 0 Å². The van der Waals surface area contributed by atoms with E-state index in [0.717, 1.165) is 43.9 Å². The molecule has 2 aliphatic rings. The number of nitrogens with one attached hydrogen (secondary N) is 2. The monoisotopic (exact) mass is 394 g/mol. The van der Waals surface area contributed by atoms with Gasteiger partial charge in [0.25, 0.3) is 0 Å². The average molecular weight is 394 g/mol. The molecule has 2 N–H and O–H groups in total. The van der Waals surface area contributed by atoms with Crippen LogP contribution in [0, 0.1) is 11.8 Å². The van der Waals surface area contributed by atoms with E-state index in [-0.39, 0.29) is 24.0 Å². The van der Waals surface area contributed by atoms with Crippen LogP contribution in [0.1, 0.15) is 39.5 Å². The summed E-state index contributed by atoms with van der Waals surface area (Å²) in [5.74, 6) is 2.76. The summed E-state index contributed by atoms with van der Waals surface area (Å²) < 4.78 is 0. The maximum Gasteiger partial charge on any atom is 0.191 e. The van der Waals surface area contributed by atoms with Gasteiger partial charge in [-0.05, 0) is 44.1 Å². The molecule has 2 rings (SSSR count). The Morgan fingerprint density at radius 1 is 1.25 bits per heavy atom. The van der Waals surface area contributed by atoms with Crippen LogP contribution in [0.3, 0.4) is 0 Å². The smallest absolute Gasteiger partial charge is 0.191 e. The van der Waals surface area contributed by atoms with Gasteiger partial charge in [0.1, 0.15) is 0 Å². The first-order chi connectivity index (χ1) is 9.24. The Hall–Kier alpha value is -0.0400. The molecule has 4 nitrogen and oxygen atoms in total. The molecule has 0 aromatic heterocycles. The second kappa shape index (κ2) is 9.82. The van der Waals surface area contributed by atoms with Gasteiger partial charge in [0.15, 0.2) is 5.96 Å². The van der Waals surface area contributed by atoms with Crippen LogP contribution >= 0.6 is 24.0 Å². The van der Waals surface area contributed by atoms with Crippen LogP contribution in [0.4, 0.5) is 0 Å². The van der Waals surface area contributed by atoms with Crippen LogP contribution in [-0.4, -0.2) is 50.1 Å². The van der Waals surface area contributed by atoms with Crippen molar-refractivity contribution in [3.8, 4) is 0 Å². The summed E-state index contributed by atoms with van der Waals surface area (Å²) in [6, 6.07) is 0. The van der Waals surface area contributed by atoms with Gasteiger partial charge in [-0.3, -0.25) is 4.99 Å². The minimum atomic E-state index is 0. The lowest BCUT2D eigenvalue weighted by Gasteiger charge is -2.34. The van der Waals surface area contributed by atoms with Gasteiger partial charge < -0.3 is 15.5 Å². The van der Waals surface area contributed by atoms with Gasteiger partial charge in [-0.15, -0.1) is 24.0 Å². The van der Waals surface area contributed by atoms with E-state index in [9.17, 15) is 0 Å². The normalized spacial score (nSPS) is 27.2. The molecule has 2 aliphatic heterocycles. The summed E-state index contributed by atoms with van der Waals surface area (Å²) in [5.41, 5.74) is 0. The van der Waals surface area contributed by atoms with Crippen molar-refractivity contribution in [2.45, 2.75) is 39.5 Å². The Labute approximate surface area is 141 Å². The maximum atomic E-state index is 4.42. The van der Waals surface area contributed by atoms with E-state index < -0.39 is 0 Å². The van der Waals surface area contributed by atoms with Crippen molar-refractivity contribution in [2.75, 3.05) is 39.3 Å². The predicted molar refractivity (Wildman–Crippen MR) is 97.0 cm³/mol. The number of unbranched alkanes of at least 4 members (excludes halogenated alkanes) is 1. The van der Waals surface area contributed by atoms with E-state index in [4.69, 9.17) is 0 Å². The van der Waals surface area contributed by atoms with Crippen LogP contribution in [0.15, 0.2) is 4.99 Å². The highest BCUT2D eigenvalue weighted by atomic mass is 127. The topological polar surface area (TPSA) is 39.7 Å². The van der Waals surface area contributed by atoms with Crippen LogP contribution in [0.25, 0.3) is 0 Å². The zero-order valence-electron chi connectivity index (χ0n) is 13.0. The minimum Gasteiger partial charge on any atom is -0.356 e. The van der Waals surface area contributed by atoms with E-state index in [2.05, 4.69) is 34.4 Å². The molecule has 0 aromatic carbocycles. The molecule has 0 saturated carbocycles. The number of aliphatic imine (C=N–C) groups is 1.